The number of hydrogen-bond acceptors (Lipinski definition) is 4. The van der Waals surface area contributed by atoms with Gasteiger partial charge in [0.1, 0.15) is 16.9 Å². The Morgan fingerprint density at radius 2 is 2.12 bits per heavy atom. The first-order valence-corrected chi connectivity index (χ1v) is 8.85. The van der Waals surface area contributed by atoms with E-state index in [1.54, 1.807) is 7.05 Å². The fourth-order valence-corrected chi connectivity index (χ4v) is 2.85. The largest absolute Gasteiger partial charge is 0.489 e. The van der Waals surface area contributed by atoms with Crippen molar-refractivity contribution in [1.82, 2.24) is 15.6 Å². The van der Waals surface area contributed by atoms with Gasteiger partial charge < -0.3 is 15.4 Å². The van der Waals surface area contributed by atoms with Gasteiger partial charge in [-0.3, -0.25) is 4.99 Å². The molecule has 0 aliphatic rings. The van der Waals surface area contributed by atoms with Gasteiger partial charge in [-0.05, 0) is 31.5 Å². The number of nitrogens with one attached hydrogen (secondary N) is 2. The van der Waals surface area contributed by atoms with Crippen molar-refractivity contribution in [3.05, 3.63) is 45.9 Å². The van der Waals surface area contributed by atoms with Gasteiger partial charge in [0, 0.05) is 12.4 Å². The highest BCUT2D eigenvalue weighted by molar-refractivity contribution is 7.09. The lowest BCUT2D eigenvalue weighted by atomic mass is 10.2. The zero-order valence-corrected chi connectivity index (χ0v) is 15.5. The molecule has 26 heavy (non-hydrogen) atoms. The number of guanidine groups is 1. The van der Waals surface area contributed by atoms with Crippen LogP contribution < -0.4 is 15.4 Å². The average Bonchev–Trinajstić information content (AvgIpc) is 3.04. The summed E-state index contributed by atoms with van der Waals surface area (Å²) >= 11 is 0.955. The Morgan fingerprint density at radius 3 is 2.73 bits per heavy atom. The van der Waals surface area contributed by atoms with E-state index in [-0.39, 0.29) is 12.6 Å². The Hall–Kier alpha value is -2.29. The Labute approximate surface area is 154 Å². The normalized spacial score (nSPS) is 13.4. The van der Waals surface area contributed by atoms with Crippen LogP contribution in [0.4, 0.5) is 13.2 Å². The van der Waals surface area contributed by atoms with E-state index in [1.807, 2.05) is 38.1 Å². The van der Waals surface area contributed by atoms with E-state index in [0.717, 1.165) is 28.0 Å². The second-order valence-corrected chi connectivity index (χ2v) is 6.62. The van der Waals surface area contributed by atoms with Crippen LogP contribution in [0.1, 0.15) is 23.2 Å². The summed E-state index contributed by atoms with van der Waals surface area (Å²) in [4.78, 5) is 7.62. The van der Waals surface area contributed by atoms with Gasteiger partial charge >= 0.3 is 6.18 Å². The van der Waals surface area contributed by atoms with Crippen LogP contribution in [0.3, 0.4) is 0 Å². The molecule has 1 aromatic heterocycles. The number of aryl methyl sites for hydroxylation is 1. The number of aliphatic imine (C=N–C) groups is 1. The quantitative estimate of drug-likeness (QED) is 0.588. The molecule has 1 atom stereocenters. The van der Waals surface area contributed by atoms with Gasteiger partial charge in [-0.15, -0.1) is 11.3 Å². The molecule has 2 N–H and O–H groups in total. The molecular weight excluding hydrogens is 365 g/mol. The van der Waals surface area contributed by atoms with Crippen molar-refractivity contribution in [1.29, 1.82) is 0 Å². The van der Waals surface area contributed by atoms with E-state index in [1.165, 1.54) is 0 Å². The van der Waals surface area contributed by atoms with Gasteiger partial charge in [0.25, 0.3) is 0 Å². The van der Waals surface area contributed by atoms with Crippen molar-refractivity contribution >= 4 is 17.3 Å². The molecule has 1 aromatic carbocycles. The molecule has 0 bridgehead atoms. The Bertz CT molecular complexity index is 746. The van der Waals surface area contributed by atoms with Crippen LogP contribution in [0.15, 0.2) is 34.6 Å². The van der Waals surface area contributed by atoms with Gasteiger partial charge in [0.2, 0.25) is 0 Å². The maximum absolute atomic E-state index is 12.6. The molecule has 2 rings (SSSR count). The summed E-state index contributed by atoms with van der Waals surface area (Å²) in [5.74, 6) is 1.25. The first-order valence-electron chi connectivity index (χ1n) is 7.97. The highest BCUT2D eigenvalue weighted by atomic mass is 32.1. The third kappa shape index (κ3) is 6.21. The van der Waals surface area contributed by atoms with Crippen LogP contribution in [-0.4, -0.2) is 30.6 Å². The molecular formula is C17H21F3N4OS. The lowest BCUT2D eigenvalue weighted by molar-refractivity contribution is -0.140. The van der Waals surface area contributed by atoms with Crippen LogP contribution >= 0.6 is 11.3 Å². The Balaban J connectivity index is 1.79. The standard InChI is InChI=1S/C17H21F3N4OS/c1-11-5-4-6-13(7-11)25-12(2)8-22-16(21-3)23-9-15-24-14(10-26-15)17(18,19)20/h4-7,10,12H,8-9H2,1-3H3,(H2,21,22,23). The molecule has 0 aliphatic carbocycles. The van der Waals surface area contributed by atoms with Gasteiger partial charge in [0.15, 0.2) is 11.7 Å². The predicted octanol–water partition coefficient (Wildman–Crippen LogP) is 3.60. The molecule has 142 valence electrons. The van der Waals surface area contributed by atoms with Gasteiger partial charge in [-0.25, -0.2) is 4.98 Å². The monoisotopic (exact) mass is 386 g/mol. The third-order valence-corrected chi connectivity index (χ3v) is 4.21. The van der Waals surface area contributed by atoms with Gasteiger partial charge in [-0.2, -0.15) is 13.2 Å². The lowest BCUT2D eigenvalue weighted by Crippen LogP contribution is -2.41. The molecule has 0 saturated heterocycles. The minimum Gasteiger partial charge on any atom is -0.489 e. The Kier molecular flexibility index (Phi) is 6.84. The minimum absolute atomic E-state index is 0.118. The molecule has 0 amide bonds. The molecule has 5 nitrogen and oxygen atoms in total. The third-order valence-electron chi connectivity index (χ3n) is 3.36. The number of ether oxygens (including phenoxy) is 1. The summed E-state index contributed by atoms with van der Waals surface area (Å²) in [7, 11) is 1.59. The lowest BCUT2D eigenvalue weighted by Gasteiger charge is -2.17. The molecule has 1 heterocycles. The summed E-state index contributed by atoms with van der Waals surface area (Å²) in [5, 5.41) is 7.36. The van der Waals surface area contributed by atoms with E-state index in [0.29, 0.717) is 17.5 Å². The topological polar surface area (TPSA) is 58.5 Å². The summed E-state index contributed by atoms with van der Waals surface area (Å²) in [6, 6.07) is 7.75. The molecule has 0 saturated carbocycles. The molecule has 2 aromatic rings. The van der Waals surface area contributed by atoms with Crippen molar-refractivity contribution in [2.45, 2.75) is 32.7 Å². The SMILES string of the molecule is CN=C(NCc1nc(C(F)(F)F)cs1)NCC(C)Oc1cccc(C)c1. The second-order valence-electron chi connectivity index (χ2n) is 5.68. The van der Waals surface area contributed by atoms with Crippen LogP contribution in [0.2, 0.25) is 0 Å². The second kappa shape index (κ2) is 8.88. The molecule has 0 spiro atoms. The summed E-state index contributed by atoms with van der Waals surface area (Å²) in [5.41, 5.74) is 0.240. The number of aromatic nitrogens is 1. The highest BCUT2D eigenvalue weighted by Gasteiger charge is 2.33. The molecule has 0 aliphatic heterocycles. The van der Waals surface area contributed by atoms with Crippen LogP contribution in [0.25, 0.3) is 0 Å². The number of benzene rings is 1. The van der Waals surface area contributed by atoms with Crippen LogP contribution in [0.5, 0.6) is 5.75 Å². The van der Waals surface area contributed by atoms with Crippen molar-refractivity contribution in [3.8, 4) is 5.75 Å². The Morgan fingerprint density at radius 1 is 1.35 bits per heavy atom. The van der Waals surface area contributed by atoms with E-state index in [2.05, 4.69) is 20.6 Å². The highest BCUT2D eigenvalue weighted by Crippen LogP contribution is 2.29. The van der Waals surface area contributed by atoms with E-state index < -0.39 is 11.9 Å². The maximum atomic E-state index is 12.6. The first-order chi connectivity index (χ1) is 12.3. The number of hydrogen-bond donors (Lipinski definition) is 2. The van der Waals surface area contributed by atoms with Crippen molar-refractivity contribution in [3.63, 3.8) is 0 Å². The van der Waals surface area contributed by atoms with E-state index in [4.69, 9.17) is 4.74 Å². The van der Waals surface area contributed by atoms with Crippen molar-refractivity contribution in [2.75, 3.05) is 13.6 Å². The fourth-order valence-electron chi connectivity index (χ4n) is 2.11. The van der Waals surface area contributed by atoms with Crippen molar-refractivity contribution < 1.29 is 17.9 Å². The minimum atomic E-state index is -4.42. The van der Waals surface area contributed by atoms with E-state index in [9.17, 15) is 13.2 Å². The number of thiazole rings is 1. The summed E-state index contributed by atoms with van der Waals surface area (Å²) in [6.07, 6.45) is -4.54. The van der Waals surface area contributed by atoms with Gasteiger partial charge in [0.05, 0.1) is 13.1 Å². The average molecular weight is 386 g/mol. The van der Waals surface area contributed by atoms with Crippen LogP contribution in [-0.2, 0) is 12.7 Å². The zero-order valence-electron chi connectivity index (χ0n) is 14.7. The smallest absolute Gasteiger partial charge is 0.434 e. The molecule has 9 heteroatoms. The zero-order chi connectivity index (χ0) is 19.2. The first kappa shape index (κ1) is 20.0. The predicted molar refractivity (Wildman–Crippen MR) is 96.6 cm³/mol. The van der Waals surface area contributed by atoms with Gasteiger partial charge in [-0.1, -0.05) is 12.1 Å². The molecule has 1 unspecified atom stereocenters. The summed E-state index contributed by atoms with van der Waals surface area (Å²) in [6.45, 7) is 4.55. The number of halogens is 3. The number of nitrogens with zero attached hydrogens (tertiary/aromatic N) is 2. The van der Waals surface area contributed by atoms with Crippen molar-refractivity contribution in [2.24, 2.45) is 4.99 Å². The maximum Gasteiger partial charge on any atom is 0.434 e. The fraction of sp³-hybridized carbons (Fsp3) is 0.412. The summed E-state index contributed by atoms with van der Waals surface area (Å²) < 4.78 is 43.5. The van der Waals surface area contributed by atoms with Crippen LogP contribution in [0, 0.1) is 6.92 Å². The number of rotatable bonds is 6. The molecule has 0 fully saturated rings. The van der Waals surface area contributed by atoms with E-state index >= 15 is 0 Å². The number of alkyl halides is 3. The molecule has 0 radical (unpaired) electrons.